The summed E-state index contributed by atoms with van der Waals surface area (Å²) in [6.45, 7) is 4.83. The smallest absolute Gasteiger partial charge is 0.340 e. The minimum atomic E-state index is -0.637. The molecular weight excluding hydrogens is 394 g/mol. The standard InChI is InChI=1S/C22H24ClNO5/c1-14(2)21(15-8-9-18-19(12-15)28-11-5-10-27-18)24-20(25)13-29-22(26)16-6-3-4-7-17(16)23/h3-4,6-9,12,14,21H,5,10-11,13H2,1-2H3,(H,24,25)/t21-/m0/s1. The number of carbonyl (C=O) groups excluding carboxylic acids is 2. The zero-order chi connectivity index (χ0) is 20.8. The Balaban J connectivity index is 1.64. The Morgan fingerprint density at radius 2 is 1.83 bits per heavy atom. The van der Waals surface area contributed by atoms with Crippen molar-refractivity contribution in [3.63, 3.8) is 0 Å². The van der Waals surface area contributed by atoms with Gasteiger partial charge in [-0.1, -0.05) is 43.6 Å². The molecule has 0 unspecified atom stereocenters. The van der Waals surface area contributed by atoms with Gasteiger partial charge in [0.1, 0.15) is 0 Å². The summed E-state index contributed by atoms with van der Waals surface area (Å²) in [4.78, 5) is 24.6. The SMILES string of the molecule is CC(C)[C@H](NC(=O)COC(=O)c1ccccc1Cl)c1ccc2c(c1)OCCCO2. The van der Waals surface area contributed by atoms with Gasteiger partial charge < -0.3 is 19.5 Å². The van der Waals surface area contributed by atoms with Crippen LogP contribution in [0.4, 0.5) is 0 Å². The summed E-state index contributed by atoms with van der Waals surface area (Å²) < 4.78 is 16.5. The molecule has 29 heavy (non-hydrogen) atoms. The van der Waals surface area contributed by atoms with Gasteiger partial charge in [0.25, 0.3) is 5.91 Å². The maximum absolute atomic E-state index is 12.4. The van der Waals surface area contributed by atoms with Gasteiger partial charge in [0.2, 0.25) is 0 Å². The summed E-state index contributed by atoms with van der Waals surface area (Å²) in [6, 6.07) is 11.9. The molecule has 0 radical (unpaired) electrons. The highest BCUT2D eigenvalue weighted by Gasteiger charge is 2.22. The van der Waals surface area contributed by atoms with Gasteiger partial charge in [0, 0.05) is 6.42 Å². The zero-order valence-electron chi connectivity index (χ0n) is 16.4. The predicted octanol–water partition coefficient (Wildman–Crippen LogP) is 4.17. The fourth-order valence-corrected chi connectivity index (χ4v) is 3.27. The summed E-state index contributed by atoms with van der Waals surface area (Å²) in [5.74, 6) is 0.459. The molecule has 0 spiro atoms. The van der Waals surface area contributed by atoms with Gasteiger partial charge in [-0.2, -0.15) is 0 Å². The third-order valence-electron chi connectivity index (χ3n) is 4.54. The molecule has 154 valence electrons. The highest BCUT2D eigenvalue weighted by atomic mass is 35.5. The van der Waals surface area contributed by atoms with Crippen molar-refractivity contribution in [1.29, 1.82) is 0 Å². The summed E-state index contributed by atoms with van der Waals surface area (Å²) >= 11 is 5.99. The van der Waals surface area contributed by atoms with Crippen molar-refractivity contribution < 1.29 is 23.8 Å². The highest BCUT2D eigenvalue weighted by molar-refractivity contribution is 6.33. The maximum Gasteiger partial charge on any atom is 0.340 e. The lowest BCUT2D eigenvalue weighted by Crippen LogP contribution is -2.35. The molecule has 2 aromatic carbocycles. The molecule has 1 heterocycles. The number of benzene rings is 2. The Bertz CT molecular complexity index is 883. The van der Waals surface area contributed by atoms with E-state index in [1.54, 1.807) is 24.3 Å². The molecule has 0 saturated heterocycles. The number of esters is 1. The lowest BCUT2D eigenvalue weighted by molar-refractivity contribution is -0.125. The lowest BCUT2D eigenvalue weighted by atomic mass is 9.95. The van der Waals surface area contributed by atoms with E-state index in [1.807, 2.05) is 32.0 Å². The van der Waals surface area contributed by atoms with E-state index in [0.29, 0.717) is 24.7 Å². The lowest BCUT2D eigenvalue weighted by Gasteiger charge is -2.24. The molecule has 3 rings (SSSR count). The summed E-state index contributed by atoms with van der Waals surface area (Å²) in [7, 11) is 0. The minimum absolute atomic E-state index is 0.114. The van der Waals surface area contributed by atoms with Crippen LogP contribution in [0.15, 0.2) is 42.5 Å². The first kappa shape index (κ1) is 21.0. The number of halogens is 1. The summed E-state index contributed by atoms with van der Waals surface area (Å²) in [5, 5.41) is 3.21. The van der Waals surface area contributed by atoms with E-state index < -0.39 is 18.5 Å². The number of amides is 1. The van der Waals surface area contributed by atoms with Crippen molar-refractivity contribution >= 4 is 23.5 Å². The molecule has 0 aliphatic carbocycles. The molecule has 2 aromatic rings. The zero-order valence-corrected chi connectivity index (χ0v) is 17.2. The van der Waals surface area contributed by atoms with Crippen LogP contribution in [0, 0.1) is 5.92 Å². The van der Waals surface area contributed by atoms with Gasteiger partial charge in [0.15, 0.2) is 18.1 Å². The Hall–Kier alpha value is -2.73. The van der Waals surface area contributed by atoms with Crippen LogP contribution < -0.4 is 14.8 Å². The fraction of sp³-hybridized carbons (Fsp3) is 0.364. The quantitative estimate of drug-likeness (QED) is 0.714. The molecule has 0 fully saturated rings. The molecule has 1 amide bonds. The first-order valence-electron chi connectivity index (χ1n) is 9.56. The second-order valence-corrected chi connectivity index (χ2v) is 7.51. The number of carbonyl (C=O) groups is 2. The first-order chi connectivity index (χ1) is 14.0. The number of hydrogen-bond donors (Lipinski definition) is 1. The van der Waals surface area contributed by atoms with Crippen LogP contribution in [-0.2, 0) is 9.53 Å². The largest absolute Gasteiger partial charge is 0.490 e. The number of fused-ring (bicyclic) bond motifs is 1. The second-order valence-electron chi connectivity index (χ2n) is 7.10. The van der Waals surface area contributed by atoms with Crippen LogP contribution in [0.5, 0.6) is 11.5 Å². The molecule has 6 nitrogen and oxygen atoms in total. The van der Waals surface area contributed by atoms with Crippen LogP contribution in [-0.4, -0.2) is 31.7 Å². The Labute approximate surface area is 175 Å². The maximum atomic E-state index is 12.4. The molecule has 1 atom stereocenters. The van der Waals surface area contributed by atoms with Crippen molar-refractivity contribution in [2.24, 2.45) is 5.92 Å². The van der Waals surface area contributed by atoms with Crippen LogP contribution >= 0.6 is 11.6 Å². The highest BCUT2D eigenvalue weighted by Crippen LogP contribution is 2.34. The number of rotatable bonds is 6. The van der Waals surface area contributed by atoms with E-state index in [1.165, 1.54) is 0 Å². The molecule has 7 heteroatoms. The molecular formula is C22H24ClNO5. The minimum Gasteiger partial charge on any atom is -0.490 e. The van der Waals surface area contributed by atoms with E-state index in [4.69, 9.17) is 25.8 Å². The van der Waals surface area contributed by atoms with Crippen molar-refractivity contribution in [3.05, 3.63) is 58.6 Å². The average molecular weight is 418 g/mol. The molecule has 1 aliphatic rings. The van der Waals surface area contributed by atoms with E-state index in [0.717, 1.165) is 12.0 Å². The third-order valence-corrected chi connectivity index (χ3v) is 4.87. The van der Waals surface area contributed by atoms with Crippen LogP contribution in [0.25, 0.3) is 0 Å². The van der Waals surface area contributed by atoms with E-state index >= 15 is 0 Å². The van der Waals surface area contributed by atoms with Gasteiger partial charge in [-0.05, 0) is 35.7 Å². The Morgan fingerprint density at radius 1 is 1.10 bits per heavy atom. The van der Waals surface area contributed by atoms with Gasteiger partial charge >= 0.3 is 5.97 Å². The average Bonchev–Trinajstić information content (AvgIpc) is 2.95. The number of ether oxygens (including phenoxy) is 3. The van der Waals surface area contributed by atoms with Gasteiger partial charge in [-0.15, -0.1) is 0 Å². The van der Waals surface area contributed by atoms with Crippen molar-refractivity contribution in [1.82, 2.24) is 5.32 Å². The Kier molecular flexibility index (Phi) is 6.99. The van der Waals surface area contributed by atoms with Crippen molar-refractivity contribution in [2.45, 2.75) is 26.3 Å². The predicted molar refractivity (Wildman–Crippen MR) is 110 cm³/mol. The van der Waals surface area contributed by atoms with E-state index in [9.17, 15) is 9.59 Å². The third kappa shape index (κ3) is 5.41. The van der Waals surface area contributed by atoms with Gasteiger partial charge in [0.05, 0.1) is 29.8 Å². The molecule has 0 saturated carbocycles. The molecule has 1 aliphatic heterocycles. The second kappa shape index (κ2) is 9.65. The van der Waals surface area contributed by atoms with Crippen molar-refractivity contribution in [2.75, 3.05) is 19.8 Å². The van der Waals surface area contributed by atoms with E-state index in [2.05, 4.69) is 5.32 Å². The van der Waals surface area contributed by atoms with Gasteiger partial charge in [-0.3, -0.25) is 4.79 Å². The fourth-order valence-electron chi connectivity index (χ4n) is 3.06. The molecule has 0 bridgehead atoms. The van der Waals surface area contributed by atoms with Crippen LogP contribution in [0.1, 0.15) is 42.2 Å². The van der Waals surface area contributed by atoms with Crippen molar-refractivity contribution in [3.8, 4) is 11.5 Å². The van der Waals surface area contributed by atoms with Crippen LogP contribution in [0.3, 0.4) is 0 Å². The summed E-state index contributed by atoms with van der Waals surface area (Å²) in [5.41, 5.74) is 1.13. The van der Waals surface area contributed by atoms with Gasteiger partial charge in [-0.25, -0.2) is 4.79 Å². The topological polar surface area (TPSA) is 73.9 Å². The monoisotopic (exact) mass is 417 g/mol. The normalized spacial score (nSPS) is 14.1. The molecule has 1 N–H and O–H groups in total. The Morgan fingerprint density at radius 3 is 2.55 bits per heavy atom. The van der Waals surface area contributed by atoms with E-state index in [-0.39, 0.29) is 22.5 Å². The van der Waals surface area contributed by atoms with Crippen LogP contribution in [0.2, 0.25) is 5.02 Å². The number of hydrogen-bond acceptors (Lipinski definition) is 5. The first-order valence-corrected chi connectivity index (χ1v) is 9.94. The summed E-state index contributed by atoms with van der Waals surface area (Å²) in [6.07, 6.45) is 0.825. The number of nitrogens with one attached hydrogen (secondary N) is 1. The molecule has 0 aromatic heterocycles.